The van der Waals surface area contributed by atoms with Gasteiger partial charge in [-0.15, -0.1) is 6.58 Å². The summed E-state index contributed by atoms with van der Waals surface area (Å²) in [6.07, 6.45) is 0.474. The highest BCUT2D eigenvalue weighted by Gasteiger charge is 2.51. The van der Waals surface area contributed by atoms with E-state index in [1.165, 1.54) is 34.1 Å². The van der Waals surface area contributed by atoms with Gasteiger partial charge in [-0.1, -0.05) is 60.7 Å². The molecule has 3 aromatic rings. The molecule has 0 bridgehead atoms. The van der Waals surface area contributed by atoms with Gasteiger partial charge in [0.25, 0.3) is 0 Å². The molecule has 2 saturated heterocycles. The maximum Gasteiger partial charge on any atom is 0.413 e. The molecule has 5 amide bonds. The average molecular weight is 627 g/mol. The van der Waals surface area contributed by atoms with Crippen molar-refractivity contribution in [2.45, 2.75) is 31.7 Å². The number of urea groups is 1. The van der Waals surface area contributed by atoms with E-state index in [-0.39, 0.29) is 56.7 Å². The first kappa shape index (κ1) is 32.0. The van der Waals surface area contributed by atoms with E-state index in [1.807, 2.05) is 36.4 Å². The monoisotopic (exact) mass is 626 g/mol. The number of nitrogens with zero attached hydrogens (tertiary/aromatic N) is 5. The lowest BCUT2D eigenvalue weighted by molar-refractivity contribution is -0.189. The number of ether oxygens (including phenoxy) is 1. The number of hydrazine groups is 1. The minimum atomic E-state index is -0.910. The van der Waals surface area contributed by atoms with Crippen molar-refractivity contribution < 1.29 is 29.0 Å². The summed E-state index contributed by atoms with van der Waals surface area (Å²) in [5.74, 6) is -0.464. The molecular formula is C34H38N6O6. The summed E-state index contributed by atoms with van der Waals surface area (Å²) in [7, 11) is 2.90. The van der Waals surface area contributed by atoms with Crippen molar-refractivity contribution in [3.05, 3.63) is 108 Å². The maximum absolute atomic E-state index is 14.2. The molecule has 0 aromatic heterocycles. The molecular weight excluding hydrogens is 588 g/mol. The number of phenolic OH excluding ortho intramolecular Hbond substituents is 1. The van der Waals surface area contributed by atoms with E-state index in [0.717, 1.165) is 16.7 Å². The topological polar surface area (TPSA) is 126 Å². The van der Waals surface area contributed by atoms with E-state index >= 15 is 0 Å². The number of piperazine rings is 1. The van der Waals surface area contributed by atoms with Gasteiger partial charge < -0.3 is 25.0 Å². The van der Waals surface area contributed by atoms with Gasteiger partial charge in [0.05, 0.1) is 20.2 Å². The predicted octanol–water partition coefficient (Wildman–Crippen LogP) is 3.33. The van der Waals surface area contributed by atoms with Gasteiger partial charge in [0.2, 0.25) is 11.8 Å². The molecule has 2 heterocycles. The molecule has 12 heteroatoms. The van der Waals surface area contributed by atoms with Crippen molar-refractivity contribution in [2.75, 3.05) is 38.7 Å². The zero-order valence-corrected chi connectivity index (χ0v) is 25.9. The van der Waals surface area contributed by atoms with Crippen LogP contribution in [0.2, 0.25) is 0 Å². The molecule has 240 valence electrons. The summed E-state index contributed by atoms with van der Waals surface area (Å²) in [4.78, 5) is 58.6. The third kappa shape index (κ3) is 6.97. The van der Waals surface area contributed by atoms with E-state index in [0.29, 0.717) is 5.69 Å². The van der Waals surface area contributed by atoms with Crippen LogP contribution in [0.1, 0.15) is 16.7 Å². The van der Waals surface area contributed by atoms with Gasteiger partial charge >= 0.3 is 12.1 Å². The average Bonchev–Trinajstić information content (AvgIpc) is 3.06. The number of rotatable bonds is 9. The van der Waals surface area contributed by atoms with Gasteiger partial charge in [-0.2, -0.15) is 0 Å². The molecule has 0 spiro atoms. The summed E-state index contributed by atoms with van der Waals surface area (Å²) in [5.41, 5.74) is 3.00. The number of aromatic hydroxyl groups is 1. The first-order valence-electron chi connectivity index (χ1n) is 15.0. The second-order valence-corrected chi connectivity index (χ2v) is 11.2. The molecule has 2 N–H and O–H groups in total. The van der Waals surface area contributed by atoms with Crippen molar-refractivity contribution in [3.63, 3.8) is 0 Å². The Hall–Kier alpha value is -5.36. The van der Waals surface area contributed by atoms with Crippen molar-refractivity contribution >= 4 is 29.6 Å². The van der Waals surface area contributed by atoms with Gasteiger partial charge in [0.1, 0.15) is 18.0 Å². The van der Waals surface area contributed by atoms with E-state index in [9.17, 15) is 24.3 Å². The fraction of sp³-hybridized carbons (Fsp3) is 0.294. The highest BCUT2D eigenvalue weighted by atomic mass is 16.5. The second-order valence-electron chi connectivity index (χ2n) is 11.2. The Morgan fingerprint density at radius 2 is 1.74 bits per heavy atom. The fourth-order valence-electron chi connectivity index (χ4n) is 5.88. The van der Waals surface area contributed by atoms with Crippen LogP contribution in [0.25, 0.3) is 0 Å². The van der Waals surface area contributed by atoms with Crippen LogP contribution in [0.15, 0.2) is 91.5 Å². The molecule has 1 unspecified atom stereocenters. The van der Waals surface area contributed by atoms with E-state index < -0.39 is 24.3 Å². The zero-order chi connectivity index (χ0) is 32.8. The van der Waals surface area contributed by atoms with Gasteiger partial charge in [-0.05, 0) is 41.0 Å². The largest absolute Gasteiger partial charge is 0.508 e. The summed E-state index contributed by atoms with van der Waals surface area (Å²) >= 11 is 0. The van der Waals surface area contributed by atoms with Crippen LogP contribution < -0.4 is 10.2 Å². The molecule has 0 radical (unpaired) electrons. The van der Waals surface area contributed by atoms with Crippen LogP contribution >= 0.6 is 0 Å². The molecule has 2 aliphatic heterocycles. The number of hydrogen-bond acceptors (Lipinski definition) is 7. The first-order chi connectivity index (χ1) is 22.2. The van der Waals surface area contributed by atoms with Crippen LogP contribution in [-0.4, -0.2) is 94.9 Å². The molecule has 5 rings (SSSR count). The van der Waals surface area contributed by atoms with E-state index in [2.05, 4.69) is 11.9 Å². The van der Waals surface area contributed by atoms with E-state index in [1.54, 1.807) is 53.4 Å². The number of nitrogens with one attached hydrogen (secondary N) is 1. The number of hydrogen-bond donors (Lipinski definition) is 2. The minimum absolute atomic E-state index is 0.0557. The smallest absolute Gasteiger partial charge is 0.413 e. The highest BCUT2D eigenvalue weighted by Crippen LogP contribution is 2.30. The molecule has 12 nitrogen and oxygen atoms in total. The standard InChI is InChI=1S/C34H38N6O6/c1-4-17-38-23-31(42)39-29(19-24-13-15-28(41)16-14-24)32(43)37(21-26-11-8-12-27(18-26)36(2)34(45)46-3)22-30(39)40(38)33(44)35-20-25-9-6-5-7-10-25/h4-16,18,29-30,41H,1,17,19-23H2,2-3H3,(H,35,44)/t29-,30?/m0/s1. The normalized spacial score (nSPS) is 18.2. The number of fused-ring (bicyclic) bond motifs is 1. The number of methoxy groups -OCH3 is 1. The summed E-state index contributed by atoms with van der Waals surface area (Å²) in [6.45, 7) is 4.47. The van der Waals surface area contributed by atoms with Crippen LogP contribution in [0.5, 0.6) is 5.75 Å². The van der Waals surface area contributed by atoms with Crippen LogP contribution in [0, 0.1) is 0 Å². The Bertz CT molecular complexity index is 1580. The first-order valence-corrected chi connectivity index (χ1v) is 15.0. The Morgan fingerprint density at radius 1 is 1.02 bits per heavy atom. The molecule has 46 heavy (non-hydrogen) atoms. The number of carbonyl (C=O) groups excluding carboxylic acids is 4. The highest BCUT2D eigenvalue weighted by molar-refractivity contribution is 5.92. The molecule has 3 aromatic carbocycles. The van der Waals surface area contributed by atoms with Gasteiger partial charge in [-0.25, -0.2) is 19.6 Å². The number of benzene rings is 3. The fourth-order valence-corrected chi connectivity index (χ4v) is 5.88. The lowest BCUT2D eigenvalue weighted by Gasteiger charge is -2.55. The van der Waals surface area contributed by atoms with Crippen molar-refractivity contribution in [1.82, 2.24) is 25.1 Å². The van der Waals surface area contributed by atoms with Crippen LogP contribution in [-0.2, 0) is 33.8 Å². The van der Waals surface area contributed by atoms with E-state index in [4.69, 9.17) is 4.74 Å². The minimum Gasteiger partial charge on any atom is -0.508 e. The van der Waals surface area contributed by atoms with Crippen molar-refractivity contribution in [2.24, 2.45) is 0 Å². The Labute approximate surface area is 268 Å². The Balaban J connectivity index is 1.49. The number of anilines is 1. The second kappa shape index (κ2) is 14.2. The number of carbonyl (C=O) groups is 4. The lowest BCUT2D eigenvalue weighted by Crippen LogP contribution is -2.76. The van der Waals surface area contributed by atoms with Gasteiger partial charge in [0.15, 0.2) is 0 Å². The third-order valence-corrected chi connectivity index (χ3v) is 8.15. The molecule has 2 aliphatic rings. The molecule has 0 aliphatic carbocycles. The lowest BCUT2D eigenvalue weighted by atomic mass is 9.98. The van der Waals surface area contributed by atoms with Gasteiger partial charge in [0, 0.05) is 38.8 Å². The third-order valence-electron chi connectivity index (χ3n) is 8.15. The Morgan fingerprint density at radius 3 is 2.43 bits per heavy atom. The SMILES string of the molecule is C=CCN1CC(=O)N2C(CN(Cc3cccc(N(C)C(=O)OC)c3)C(=O)[C@@H]2Cc2ccc(O)cc2)N1C(=O)NCc1ccccc1. The van der Waals surface area contributed by atoms with Crippen LogP contribution in [0.3, 0.4) is 0 Å². The predicted molar refractivity (Wildman–Crippen MR) is 171 cm³/mol. The molecule has 2 fully saturated rings. The van der Waals surface area contributed by atoms with Gasteiger partial charge in [-0.3, -0.25) is 14.5 Å². The zero-order valence-electron chi connectivity index (χ0n) is 25.9. The van der Waals surface area contributed by atoms with Crippen molar-refractivity contribution in [3.8, 4) is 5.75 Å². The van der Waals surface area contributed by atoms with Crippen LogP contribution in [0.4, 0.5) is 15.3 Å². The molecule has 2 atom stereocenters. The summed E-state index contributed by atoms with van der Waals surface area (Å²) in [6, 6.07) is 21.9. The Kier molecular flexibility index (Phi) is 9.87. The summed E-state index contributed by atoms with van der Waals surface area (Å²) in [5, 5.41) is 16.0. The summed E-state index contributed by atoms with van der Waals surface area (Å²) < 4.78 is 4.85. The molecule has 0 saturated carbocycles. The number of amides is 5. The maximum atomic E-state index is 14.2. The number of phenols is 1. The quantitative estimate of drug-likeness (QED) is 0.349. The van der Waals surface area contributed by atoms with Crippen molar-refractivity contribution in [1.29, 1.82) is 0 Å².